The lowest BCUT2D eigenvalue weighted by Crippen LogP contribution is -2.11. The van der Waals surface area contributed by atoms with Gasteiger partial charge in [0.2, 0.25) is 10.0 Å². The van der Waals surface area contributed by atoms with E-state index in [1.54, 1.807) is 31.2 Å². The van der Waals surface area contributed by atoms with Gasteiger partial charge in [0.15, 0.2) is 0 Å². The van der Waals surface area contributed by atoms with Crippen molar-refractivity contribution >= 4 is 21.6 Å². The molecule has 0 bridgehead atoms. The molecule has 0 aliphatic heterocycles. The van der Waals surface area contributed by atoms with Gasteiger partial charge in [0, 0.05) is 10.6 Å². The number of primary sulfonamides is 1. The SMILES string of the molecule is Cc1onc(-c2ccc(Cl)cc2)c1-c1ccc(S(N)(=O)=O)cc1. The number of benzene rings is 2. The largest absolute Gasteiger partial charge is 0.360 e. The maximum atomic E-state index is 11.4. The third-order valence-electron chi connectivity index (χ3n) is 3.45. The highest BCUT2D eigenvalue weighted by Gasteiger charge is 2.17. The number of hydrogen-bond donors (Lipinski definition) is 1. The molecule has 7 heteroatoms. The third-order valence-corrected chi connectivity index (χ3v) is 4.63. The topological polar surface area (TPSA) is 86.2 Å². The van der Waals surface area contributed by atoms with E-state index >= 15 is 0 Å². The Morgan fingerprint density at radius 1 is 1.00 bits per heavy atom. The lowest BCUT2D eigenvalue weighted by Gasteiger charge is -2.05. The van der Waals surface area contributed by atoms with Gasteiger partial charge in [0.1, 0.15) is 11.5 Å². The van der Waals surface area contributed by atoms with Crippen LogP contribution in [0.5, 0.6) is 0 Å². The predicted molar refractivity (Wildman–Crippen MR) is 88.5 cm³/mol. The Labute approximate surface area is 138 Å². The minimum Gasteiger partial charge on any atom is -0.360 e. The fourth-order valence-electron chi connectivity index (χ4n) is 2.33. The smallest absolute Gasteiger partial charge is 0.238 e. The molecule has 5 nitrogen and oxygen atoms in total. The highest BCUT2D eigenvalue weighted by molar-refractivity contribution is 7.89. The van der Waals surface area contributed by atoms with E-state index in [1.807, 2.05) is 12.1 Å². The van der Waals surface area contributed by atoms with Gasteiger partial charge in [-0.15, -0.1) is 0 Å². The molecule has 0 saturated heterocycles. The van der Waals surface area contributed by atoms with Crippen molar-refractivity contribution in [2.45, 2.75) is 11.8 Å². The summed E-state index contributed by atoms with van der Waals surface area (Å²) in [6.07, 6.45) is 0. The van der Waals surface area contributed by atoms with E-state index in [0.29, 0.717) is 16.5 Å². The molecule has 0 unspecified atom stereocenters. The molecule has 0 radical (unpaired) electrons. The van der Waals surface area contributed by atoms with Crippen LogP contribution in [0.1, 0.15) is 5.76 Å². The van der Waals surface area contributed by atoms with Crippen LogP contribution >= 0.6 is 11.6 Å². The molecular weight excluding hydrogens is 336 g/mol. The van der Waals surface area contributed by atoms with Crippen molar-refractivity contribution in [1.29, 1.82) is 0 Å². The summed E-state index contributed by atoms with van der Waals surface area (Å²) < 4.78 is 28.0. The van der Waals surface area contributed by atoms with Gasteiger partial charge in [-0.3, -0.25) is 0 Å². The number of halogens is 1. The predicted octanol–water partition coefficient (Wildman–Crippen LogP) is 3.62. The first-order valence-electron chi connectivity index (χ1n) is 6.72. The molecule has 0 aliphatic carbocycles. The average molecular weight is 349 g/mol. The number of aryl methyl sites for hydroxylation is 1. The highest BCUT2D eigenvalue weighted by Crippen LogP contribution is 2.34. The number of aromatic nitrogens is 1. The minimum atomic E-state index is -3.72. The molecule has 2 aromatic carbocycles. The Morgan fingerprint density at radius 2 is 1.57 bits per heavy atom. The summed E-state index contributed by atoms with van der Waals surface area (Å²) in [5.74, 6) is 0.637. The van der Waals surface area contributed by atoms with Gasteiger partial charge in [-0.05, 0) is 36.8 Å². The first-order valence-corrected chi connectivity index (χ1v) is 8.64. The molecule has 3 rings (SSSR count). The molecule has 0 aliphatic rings. The van der Waals surface area contributed by atoms with E-state index in [1.165, 1.54) is 12.1 Å². The van der Waals surface area contributed by atoms with E-state index < -0.39 is 10.0 Å². The number of nitrogens with two attached hydrogens (primary N) is 1. The fraction of sp³-hybridized carbons (Fsp3) is 0.0625. The molecule has 23 heavy (non-hydrogen) atoms. The zero-order valence-electron chi connectivity index (χ0n) is 12.2. The molecular formula is C16H13ClN2O3S. The van der Waals surface area contributed by atoms with Gasteiger partial charge in [-0.2, -0.15) is 0 Å². The maximum absolute atomic E-state index is 11.4. The standard InChI is InChI=1S/C16H13ClN2O3S/c1-10-15(11-4-8-14(9-5-11)23(18,20)21)16(19-22-10)12-2-6-13(17)7-3-12/h2-9H,1H3,(H2,18,20,21). The molecule has 0 amide bonds. The van der Waals surface area contributed by atoms with E-state index in [-0.39, 0.29) is 4.90 Å². The lowest BCUT2D eigenvalue weighted by atomic mass is 10.00. The van der Waals surface area contributed by atoms with E-state index in [4.69, 9.17) is 21.3 Å². The zero-order valence-corrected chi connectivity index (χ0v) is 13.7. The van der Waals surface area contributed by atoms with Gasteiger partial charge in [-0.25, -0.2) is 13.6 Å². The summed E-state index contributed by atoms with van der Waals surface area (Å²) in [4.78, 5) is 0.0587. The quantitative estimate of drug-likeness (QED) is 0.783. The summed E-state index contributed by atoms with van der Waals surface area (Å²) in [6, 6.07) is 13.5. The van der Waals surface area contributed by atoms with Crippen molar-refractivity contribution in [1.82, 2.24) is 5.16 Å². The minimum absolute atomic E-state index is 0.0587. The summed E-state index contributed by atoms with van der Waals surface area (Å²) in [5.41, 5.74) is 3.12. The van der Waals surface area contributed by atoms with Crippen LogP contribution in [0.3, 0.4) is 0 Å². The van der Waals surface area contributed by atoms with Crippen molar-refractivity contribution in [2.24, 2.45) is 5.14 Å². The van der Waals surface area contributed by atoms with Gasteiger partial charge in [0.05, 0.1) is 10.5 Å². The summed E-state index contributed by atoms with van der Waals surface area (Å²) in [6.45, 7) is 1.80. The number of hydrogen-bond acceptors (Lipinski definition) is 4. The van der Waals surface area contributed by atoms with E-state index in [2.05, 4.69) is 5.16 Å². The summed E-state index contributed by atoms with van der Waals surface area (Å²) >= 11 is 5.91. The van der Waals surface area contributed by atoms with Crippen molar-refractivity contribution in [2.75, 3.05) is 0 Å². The third kappa shape index (κ3) is 3.14. The van der Waals surface area contributed by atoms with Crippen molar-refractivity contribution < 1.29 is 12.9 Å². The Bertz CT molecular complexity index is 946. The van der Waals surface area contributed by atoms with Crippen LogP contribution in [0.15, 0.2) is 57.9 Å². The fourth-order valence-corrected chi connectivity index (χ4v) is 2.97. The first kappa shape index (κ1) is 15.7. The van der Waals surface area contributed by atoms with Crippen LogP contribution in [0.4, 0.5) is 0 Å². The number of rotatable bonds is 3. The van der Waals surface area contributed by atoms with Crippen molar-refractivity contribution in [3.63, 3.8) is 0 Å². The molecule has 0 atom stereocenters. The van der Waals surface area contributed by atoms with Crippen molar-refractivity contribution in [3.8, 4) is 22.4 Å². The van der Waals surface area contributed by atoms with Gasteiger partial charge in [0.25, 0.3) is 0 Å². The normalized spacial score (nSPS) is 11.6. The van der Waals surface area contributed by atoms with Crippen LogP contribution in [0.25, 0.3) is 22.4 Å². The van der Waals surface area contributed by atoms with Crippen LogP contribution < -0.4 is 5.14 Å². The van der Waals surface area contributed by atoms with Crippen molar-refractivity contribution in [3.05, 3.63) is 59.3 Å². The number of nitrogens with zero attached hydrogens (tertiary/aromatic N) is 1. The second kappa shape index (κ2) is 5.81. The van der Waals surface area contributed by atoms with Crippen LogP contribution in [0, 0.1) is 6.92 Å². The van der Waals surface area contributed by atoms with Crippen LogP contribution in [0.2, 0.25) is 5.02 Å². The molecule has 0 spiro atoms. The monoisotopic (exact) mass is 348 g/mol. The molecule has 118 valence electrons. The molecule has 0 saturated carbocycles. The van der Waals surface area contributed by atoms with Gasteiger partial charge >= 0.3 is 0 Å². The summed E-state index contributed by atoms with van der Waals surface area (Å²) in [7, 11) is -3.72. The Balaban J connectivity index is 2.10. The average Bonchev–Trinajstić information content (AvgIpc) is 2.89. The Kier molecular flexibility index (Phi) is 3.97. The zero-order chi connectivity index (χ0) is 16.6. The summed E-state index contributed by atoms with van der Waals surface area (Å²) in [5, 5.41) is 9.85. The molecule has 3 aromatic rings. The van der Waals surface area contributed by atoms with E-state index in [9.17, 15) is 8.42 Å². The Hall–Kier alpha value is -2.15. The van der Waals surface area contributed by atoms with Gasteiger partial charge in [-0.1, -0.05) is 41.0 Å². The molecule has 1 aromatic heterocycles. The van der Waals surface area contributed by atoms with Crippen LogP contribution in [-0.2, 0) is 10.0 Å². The number of sulfonamides is 1. The van der Waals surface area contributed by atoms with Crippen LogP contribution in [-0.4, -0.2) is 13.6 Å². The second-order valence-electron chi connectivity index (χ2n) is 5.04. The van der Waals surface area contributed by atoms with E-state index in [0.717, 1.165) is 16.7 Å². The maximum Gasteiger partial charge on any atom is 0.238 e. The second-order valence-corrected chi connectivity index (χ2v) is 7.04. The highest BCUT2D eigenvalue weighted by atomic mass is 35.5. The first-order chi connectivity index (χ1) is 10.9. The Morgan fingerprint density at radius 3 is 2.13 bits per heavy atom. The molecule has 1 heterocycles. The molecule has 2 N–H and O–H groups in total. The lowest BCUT2D eigenvalue weighted by molar-refractivity contribution is 0.400. The molecule has 0 fully saturated rings. The van der Waals surface area contributed by atoms with Gasteiger partial charge < -0.3 is 4.52 Å².